The van der Waals surface area contributed by atoms with Crippen molar-refractivity contribution in [3.05, 3.63) is 35.9 Å². The summed E-state index contributed by atoms with van der Waals surface area (Å²) in [5.74, 6) is 0.952. The lowest BCUT2D eigenvalue weighted by Gasteiger charge is -2.31. The third kappa shape index (κ3) is 6.77. The molecule has 22 heavy (non-hydrogen) atoms. The maximum absolute atomic E-state index is 12.0. The van der Waals surface area contributed by atoms with Gasteiger partial charge in [0.05, 0.1) is 6.54 Å². The van der Waals surface area contributed by atoms with E-state index in [1.54, 1.807) is 0 Å². The number of halogens is 1. The molecule has 0 spiro atoms. The van der Waals surface area contributed by atoms with Gasteiger partial charge in [0.25, 0.3) is 0 Å². The Labute approximate surface area is 140 Å². The van der Waals surface area contributed by atoms with Crippen molar-refractivity contribution in [1.29, 1.82) is 0 Å². The number of nitrogens with one attached hydrogen (secondary N) is 2. The predicted octanol–water partition coefficient (Wildman–Crippen LogP) is 2.05. The van der Waals surface area contributed by atoms with Gasteiger partial charge in [0.15, 0.2) is 0 Å². The zero-order valence-electron chi connectivity index (χ0n) is 13.4. The molecule has 1 fully saturated rings. The second-order valence-electron chi connectivity index (χ2n) is 5.87. The van der Waals surface area contributed by atoms with Gasteiger partial charge < -0.3 is 10.6 Å². The molecule has 0 bridgehead atoms. The molecule has 0 aliphatic carbocycles. The lowest BCUT2D eigenvalue weighted by Crippen LogP contribution is -2.41. The quantitative estimate of drug-likeness (QED) is 0.806. The van der Waals surface area contributed by atoms with Crippen LogP contribution >= 0.6 is 12.4 Å². The molecule has 2 rings (SSSR count). The standard InChI is InChI=1S/C17H27N3O.ClH/c1-18-10-7-15-8-11-20(12-9-15)14-17(21)19-13-16-5-3-2-4-6-16;/h2-6,15,18H,7-14H2,1H3,(H,19,21);1H. The molecule has 0 radical (unpaired) electrons. The zero-order valence-corrected chi connectivity index (χ0v) is 14.2. The van der Waals surface area contributed by atoms with Crippen molar-refractivity contribution >= 4 is 18.3 Å². The topological polar surface area (TPSA) is 44.4 Å². The molecule has 0 aromatic heterocycles. The zero-order chi connectivity index (χ0) is 14.9. The fraction of sp³-hybridized carbons (Fsp3) is 0.588. The van der Waals surface area contributed by atoms with E-state index in [-0.39, 0.29) is 18.3 Å². The summed E-state index contributed by atoms with van der Waals surface area (Å²) in [7, 11) is 2.01. The van der Waals surface area contributed by atoms with Crippen LogP contribution in [0, 0.1) is 5.92 Å². The number of amides is 1. The summed E-state index contributed by atoms with van der Waals surface area (Å²) < 4.78 is 0. The second-order valence-corrected chi connectivity index (χ2v) is 5.87. The van der Waals surface area contributed by atoms with Crippen LogP contribution in [0.25, 0.3) is 0 Å². The molecule has 5 heteroatoms. The van der Waals surface area contributed by atoms with Gasteiger partial charge >= 0.3 is 0 Å². The summed E-state index contributed by atoms with van der Waals surface area (Å²) in [6.07, 6.45) is 3.69. The molecule has 0 atom stereocenters. The van der Waals surface area contributed by atoms with Gasteiger partial charge in [-0.15, -0.1) is 12.4 Å². The molecule has 1 aromatic rings. The van der Waals surface area contributed by atoms with E-state index in [9.17, 15) is 4.79 Å². The number of rotatable bonds is 7. The lowest BCUT2D eigenvalue weighted by atomic mass is 9.93. The Kier molecular flexibility index (Phi) is 9.13. The van der Waals surface area contributed by atoms with Crippen molar-refractivity contribution in [1.82, 2.24) is 15.5 Å². The highest BCUT2D eigenvalue weighted by Crippen LogP contribution is 2.19. The summed E-state index contributed by atoms with van der Waals surface area (Å²) in [6.45, 7) is 4.35. The predicted molar refractivity (Wildman–Crippen MR) is 93.2 cm³/mol. The van der Waals surface area contributed by atoms with E-state index >= 15 is 0 Å². The monoisotopic (exact) mass is 325 g/mol. The van der Waals surface area contributed by atoms with Crippen LogP contribution in [0.2, 0.25) is 0 Å². The van der Waals surface area contributed by atoms with Crippen LogP contribution in [0.5, 0.6) is 0 Å². The molecule has 1 aliphatic rings. The highest BCUT2D eigenvalue weighted by Gasteiger charge is 2.20. The minimum atomic E-state index is 0. The number of nitrogens with zero attached hydrogens (tertiary/aromatic N) is 1. The first-order valence-electron chi connectivity index (χ1n) is 7.95. The smallest absolute Gasteiger partial charge is 0.234 e. The first-order valence-corrected chi connectivity index (χ1v) is 7.95. The Morgan fingerprint density at radius 1 is 1.23 bits per heavy atom. The average molecular weight is 326 g/mol. The van der Waals surface area contributed by atoms with Gasteiger partial charge in [-0.3, -0.25) is 9.69 Å². The van der Waals surface area contributed by atoms with E-state index in [1.807, 2.05) is 37.4 Å². The van der Waals surface area contributed by atoms with Gasteiger partial charge in [0.1, 0.15) is 0 Å². The number of benzene rings is 1. The average Bonchev–Trinajstić information content (AvgIpc) is 2.53. The molecule has 1 saturated heterocycles. The van der Waals surface area contributed by atoms with Crippen LogP contribution in [0.15, 0.2) is 30.3 Å². The summed E-state index contributed by atoms with van der Waals surface area (Å²) in [4.78, 5) is 14.2. The summed E-state index contributed by atoms with van der Waals surface area (Å²) in [5.41, 5.74) is 1.15. The van der Waals surface area contributed by atoms with Crippen molar-refractivity contribution < 1.29 is 4.79 Å². The molecular weight excluding hydrogens is 298 g/mol. The van der Waals surface area contributed by atoms with E-state index in [4.69, 9.17) is 0 Å². The van der Waals surface area contributed by atoms with E-state index in [0.29, 0.717) is 13.1 Å². The Morgan fingerprint density at radius 2 is 1.91 bits per heavy atom. The van der Waals surface area contributed by atoms with Crippen LogP contribution in [-0.4, -0.2) is 44.0 Å². The highest BCUT2D eigenvalue weighted by molar-refractivity contribution is 5.85. The van der Waals surface area contributed by atoms with Crippen LogP contribution in [-0.2, 0) is 11.3 Å². The molecule has 0 saturated carbocycles. The first kappa shape index (κ1) is 18.9. The van der Waals surface area contributed by atoms with Crippen molar-refractivity contribution in [2.45, 2.75) is 25.8 Å². The Bertz CT molecular complexity index is 419. The molecule has 0 unspecified atom stereocenters. The van der Waals surface area contributed by atoms with Gasteiger partial charge in [0.2, 0.25) is 5.91 Å². The van der Waals surface area contributed by atoms with E-state index in [0.717, 1.165) is 31.1 Å². The number of piperidine rings is 1. The fourth-order valence-electron chi connectivity index (χ4n) is 2.84. The third-order valence-corrected chi connectivity index (χ3v) is 4.21. The number of hydrogen-bond acceptors (Lipinski definition) is 3. The molecule has 4 nitrogen and oxygen atoms in total. The van der Waals surface area contributed by atoms with E-state index in [2.05, 4.69) is 15.5 Å². The largest absolute Gasteiger partial charge is 0.351 e. The normalized spacial score (nSPS) is 16.0. The van der Waals surface area contributed by atoms with Crippen molar-refractivity contribution in [2.75, 3.05) is 33.2 Å². The Balaban J connectivity index is 0.00000242. The summed E-state index contributed by atoms with van der Waals surface area (Å²) in [5, 5.41) is 6.21. The van der Waals surface area contributed by atoms with Crippen LogP contribution in [0.3, 0.4) is 0 Å². The molecule has 2 N–H and O–H groups in total. The number of carbonyl (C=O) groups excluding carboxylic acids is 1. The van der Waals surface area contributed by atoms with Gasteiger partial charge in [-0.2, -0.15) is 0 Å². The molecule has 1 amide bonds. The molecule has 1 heterocycles. The minimum Gasteiger partial charge on any atom is -0.351 e. The first-order chi connectivity index (χ1) is 10.3. The molecule has 124 valence electrons. The van der Waals surface area contributed by atoms with Gasteiger partial charge in [0, 0.05) is 6.54 Å². The van der Waals surface area contributed by atoms with Crippen molar-refractivity contribution in [2.24, 2.45) is 5.92 Å². The molecule has 1 aromatic carbocycles. The summed E-state index contributed by atoms with van der Waals surface area (Å²) >= 11 is 0. The molecular formula is C17H28ClN3O. The Hall–Kier alpha value is -1.10. The van der Waals surface area contributed by atoms with Crippen molar-refractivity contribution in [3.63, 3.8) is 0 Å². The van der Waals surface area contributed by atoms with Gasteiger partial charge in [-0.05, 0) is 57.4 Å². The Morgan fingerprint density at radius 3 is 2.55 bits per heavy atom. The van der Waals surface area contributed by atoms with Crippen molar-refractivity contribution in [3.8, 4) is 0 Å². The second kappa shape index (κ2) is 10.6. The van der Waals surface area contributed by atoms with Crippen LogP contribution in [0.1, 0.15) is 24.8 Å². The number of hydrogen-bond donors (Lipinski definition) is 2. The maximum Gasteiger partial charge on any atom is 0.234 e. The number of carbonyl (C=O) groups is 1. The number of likely N-dealkylation sites (tertiary alicyclic amines) is 1. The third-order valence-electron chi connectivity index (χ3n) is 4.21. The fourth-order valence-corrected chi connectivity index (χ4v) is 2.84. The maximum atomic E-state index is 12.0. The van der Waals surface area contributed by atoms with Crippen LogP contribution < -0.4 is 10.6 Å². The minimum absolute atomic E-state index is 0. The molecule has 1 aliphatic heterocycles. The van der Waals surface area contributed by atoms with E-state index < -0.39 is 0 Å². The van der Waals surface area contributed by atoms with Gasteiger partial charge in [-0.1, -0.05) is 30.3 Å². The van der Waals surface area contributed by atoms with E-state index in [1.165, 1.54) is 19.3 Å². The van der Waals surface area contributed by atoms with Crippen LogP contribution in [0.4, 0.5) is 0 Å². The lowest BCUT2D eigenvalue weighted by molar-refractivity contribution is -0.122. The SMILES string of the molecule is CNCCC1CCN(CC(=O)NCc2ccccc2)CC1.Cl. The summed E-state index contributed by atoms with van der Waals surface area (Å²) in [6, 6.07) is 10.1. The van der Waals surface area contributed by atoms with Gasteiger partial charge in [-0.25, -0.2) is 0 Å². The highest BCUT2D eigenvalue weighted by atomic mass is 35.5.